The molecule has 2 heterocycles. The lowest BCUT2D eigenvalue weighted by Crippen LogP contribution is -2.27. The molecule has 1 N–H and O–H groups in total. The van der Waals surface area contributed by atoms with E-state index < -0.39 is 5.92 Å². The summed E-state index contributed by atoms with van der Waals surface area (Å²) in [6, 6.07) is 10.1. The van der Waals surface area contributed by atoms with E-state index in [0.717, 1.165) is 6.42 Å². The van der Waals surface area contributed by atoms with E-state index in [9.17, 15) is 14.4 Å². The van der Waals surface area contributed by atoms with Crippen LogP contribution in [-0.2, 0) is 20.9 Å². The van der Waals surface area contributed by atoms with E-state index in [1.807, 2.05) is 6.92 Å². The molecule has 2 amide bonds. The molecule has 1 aliphatic heterocycles. The Kier molecular flexibility index (Phi) is 5.90. The van der Waals surface area contributed by atoms with E-state index in [2.05, 4.69) is 5.32 Å². The Morgan fingerprint density at radius 2 is 2.04 bits per heavy atom. The Morgan fingerprint density at radius 3 is 2.70 bits per heavy atom. The molecule has 142 valence electrons. The standard InChI is InChI=1S/C20H22N2O5/c1-2-9-27-20(25)14-5-7-16(8-6-14)21-19(24)15-11-18(23)22(12-15)13-17-4-3-10-26-17/h3-8,10,15H,2,9,11-13H2,1H3,(H,21,24). The first-order chi connectivity index (χ1) is 13.1. The zero-order valence-corrected chi connectivity index (χ0v) is 15.1. The number of rotatable bonds is 7. The number of carbonyl (C=O) groups excluding carboxylic acids is 3. The molecule has 7 heteroatoms. The van der Waals surface area contributed by atoms with Crippen molar-refractivity contribution in [3.05, 3.63) is 54.0 Å². The van der Waals surface area contributed by atoms with E-state index in [4.69, 9.17) is 9.15 Å². The number of esters is 1. The number of amides is 2. The fourth-order valence-electron chi connectivity index (χ4n) is 2.90. The smallest absolute Gasteiger partial charge is 0.338 e. The van der Waals surface area contributed by atoms with Gasteiger partial charge < -0.3 is 19.4 Å². The minimum Gasteiger partial charge on any atom is -0.467 e. The van der Waals surface area contributed by atoms with Gasteiger partial charge in [-0.05, 0) is 42.8 Å². The zero-order valence-electron chi connectivity index (χ0n) is 15.1. The first-order valence-corrected chi connectivity index (χ1v) is 8.95. The number of hydrogen-bond acceptors (Lipinski definition) is 5. The molecule has 3 rings (SSSR count). The van der Waals surface area contributed by atoms with Crippen LogP contribution in [-0.4, -0.2) is 35.8 Å². The quantitative estimate of drug-likeness (QED) is 0.757. The summed E-state index contributed by atoms with van der Waals surface area (Å²) >= 11 is 0. The van der Waals surface area contributed by atoms with Crippen molar-refractivity contribution in [1.29, 1.82) is 0 Å². The van der Waals surface area contributed by atoms with Gasteiger partial charge in [-0.25, -0.2) is 4.79 Å². The summed E-state index contributed by atoms with van der Waals surface area (Å²) in [4.78, 5) is 38.0. The van der Waals surface area contributed by atoms with E-state index in [1.165, 1.54) is 0 Å². The molecule has 27 heavy (non-hydrogen) atoms. The molecule has 1 atom stereocenters. The van der Waals surface area contributed by atoms with E-state index in [0.29, 0.717) is 36.7 Å². The zero-order chi connectivity index (χ0) is 19.2. The van der Waals surface area contributed by atoms with Crippen LogP contribution < -0.4 is 5.32 Å². The lowest BCUT2D eigenvalue weighted by atomic mass is 10.1. The number of hydrogen-bond donors (Lipinski definition) is 1. The molecule has 1 saturated heterocycles. The number of nitrogens with zero attached hydrogens (tertiary/aromatic N) is 1. The highest BCUT2D eigenvalue weighted by Gasteiger charge is 2.34. The maximum Gasteiger partial charge on any atom is 0.338 e. The van der Waals surface area contributed by atoms with Crippen molar-refractivity contribution in [3.63, 3.8) is 0 Å². The molecule has 1 unspecified atom stereocenters. The topological polar surface area (TPSA) is 88.8 Å². The van der Waals surface area contributed by atoms with Gasteiger partial charge in [0.05, 0.1) is 30.9 Å². The van der Waals surface area contributed by atoms with Gasteiger partial charge in [0.1, 0.15) is 5.76 Å². The van der Waals surface area contributed by atoms with Crippen LogP contribution in [0, 0.1) is 5.92 Å². The van der Waals surface area contributed by atoms with Crippen molar-refractivity contribution in [1.82, 2.24) is 4.90 Å². The molecule has 0 aliphatic carbocycles. The number of carbonyl (C=O) groups is 3. The van der Waals surface area contributed by atoms with Crippen molar-refractivity contribution in [2.24, 2.45) is 5.92 Å². The van der Waals surface area contributed by atoms with E-state index >= 15 is 0 Å². The first kappa shape index (κ1) is 18.7. The Balaban J connectivity index is 1.54. The predicted octanol–water partition coefficient (Wildman–Crippen LogP) is 2.83. The van der Waals surface area contributed by atoms with Crippen molar-refractivity contribution in [2.45, 2.75) is 26.3 Å². The maximum atomic E-state index is 12.5. The molecule has 0 radical (unpaired) electrons. The van der Waals surface area contributed by atoms with Gasteiger partial charge in [0.25, 0.3) is 0 Å². The summed E-state index contributed by atoms with van der Waals surface area (Å²) < 4.78 is 10.3. The highest BCUT2D eigenvalue weighted by Crippen LogP contribution is 2.22. The molecule has 2 aromatic rings. The third kappa shape index (κ3) is 4.75. The van der Waals surface area contributed by atoms with Gasteiger partial charge in [-0.3, -0.25) is 9.59 Å². The number of furan rings is 1. The summed E-state index contributed by atoms with van der Waals surface area (Å²) in [5.74, 6) is -0.395. The second-order valence-corrected chi connectivity index (χ2v) is 6.46. The molecule has 7 nitrogen and oxygen atoms in total. The van der Waals surface area contributed by atoms with Crippen LogP contribution in [0.2, 0.25) is 0 Å². The van der Waals surface area contributed by atoms with Crippen LogP contribution >= 0.6 is 0 Å². The van der Waals surface area contributed by atoms with Crippen molar-refractivity contribution in [2.75, 3.05) is 18.5 Å². The average Bonchev–Trinajstić information content (AvgIpc) is 3.31. The number of anilines is 1. The monoisotopic (exact) mass is 370 g/mol. The summed E-state index contributed by atoms with van der Waals surface area (Å²) in [5.41, 5.74) is 1.01. The molecule has 1 fully saturated rings. The van der Waals surface area contributed by atoms with Crippen LogP contribution in [0.4, 0.5) is 5.69 Å². The molecule has 1 aliphatic rings. The Labute approximate surface area is 157 Å². The lowest BCUT2D eigenvalue weighted by Gasteiger charge is -2.15. The first-order valence-electron chi connectivity index (χ1n) is 8.95. The average molecular weight is 370 g/mol. The van der Waals surface area contributed by atoms with Gasteiger partial charge in [-0.2, -0.15) is 0 Å². The van der Waals surface area contributed by atoms with Gasteiger partial charge in [-0.1, -0.05) is 6.92 Å². The predicted molar refractivity (Wildman–Crippen MR) is 97.9 cm³/mol. The summed E-state index contributed by atoms with van der Waals surface area (Å²) in [5, 5.41) is 2.80. The van der Waals surface area contributed by atoms with Crippen LogP contribution in [0.3, 0.4) is 0 Å². The molecule has 1 aromatic heterocycles. The highest BCUT2D eigenvalue weighted by molar-refractivity contribution is 5.97. The number of likely N-dealkylation sites (tertiary alicyclic amines) is 1. The Hall–Kier alpha value is -3.09. The van der Waals surface area contributed by atoms with Gasteiger partial charge in [0.15, 0.2) is 0 Å². The van der Waals surface area contributed by atoms with Gasteiger partial charge in [-0.15, -0.1) is 0 Å². The van der Waals surface area contributed by atoms with Gasteiger partial charge in [0.2, 0.25) is 11.8 Å². The van der Waals surface area contributed by atoms with Crippen LogP contribution in [0.5, 0.6) is 0 Å². The van der Waals surface area contributed by atoms with Crippen LogP contribution in [0.15, 0.2) is 47.1 Å². The normalized spacial score (nSPS) is 16.4. The SMILES string of the molecule is CCCOC(=O)c1ccc(NC(=O)C2CC(=O)N(Cc3ccco3)C2)cc1. The minimum absolute atomic E-state index is 0.0689. The summed E-state index contributed by atoms with van der Waals surface area (Å²) in [7, 11) is 0. The molecule has 0 saturated carbocycles. The van der Waals surface area contributed by atoms with Crippen LogP contribution in [0.1, 0.15) is 35.9 Å². The second kappa shape index (κ2) is 8.53. The fourth-order valence-corrected chi connectivity index (χ4v) is 2.90. The van der Waals surface area contributed by atoms with Crippen molar-refractivity contribution in [3.8, 4) is 0 Å². The fraction of sp³-hybridized carbons (Fsp3) is 0.350. The molecule has 1 aromatic carbocycles. The largest absolute Gasteiger partial charge is 0.467 e. The molecular weight excluding hydrogens is 348 g/mol. The van der Waals surface area contributed by atoms with E-state index in [-0.39, 0.29) is 24.2 Å². The number of nitrogens with one attached hydrogen (secondary N) is 1. The third-order valence-electron chi connectivity index (χ3n) is 4.34. The minimum atomic E-state index is -0.415. The summed E-state index contributed by atoms with van der Waals surface area (Å²) in [6.45, 7) is 3.02. The van der Waals surface area contributed by atoms with Gasteiger partial charge >= 0.3 is 5.97 Å². The number of benzene rings is 1. The maximum absolute atomic E-state index is 12.5. The third-order valence-corrected chi connectivity index (χ3v) is 4.34. The molecular formula is C20H22N2O5. The number of ether oxygens (including phenoxy) is 1. The Bertz CT molecular complexity index is 798. The van der Waals surface area contributed by atoms with Crippen molar-refractivity contribution >= 4 is 23.5 Å². The lowest BCUT2D eigenvalue weighted by molar-refractivity contribution is -0.128. The van der Waals surface area contributed by atoms with Crippen LogP contribution in [0.25, 0.3) is 0 Å². The highest BCUT2D eigenvalue weighted by atomic mass is 16.5. The second-order valence-electron chi connectivity index (χ2n) is 6.46. The Morgan fingerprint density at radius 1 is 1.26 bits per heavy atom. The molecule has 0 bridgehead atoms. The van der Waals surface area contributed by atoms with Crippen molar-refractivity contribution < 1.29 is 23.5 Å². The van der Waals surface area contributed by atoms with Gasteiger partial charge in [0, 0.05) is 18.7 Å². The van der Waals surface area contributed by atoms with E-state index in [1.54, 1.807) is 47.6 Å². The molecule has 0 spiro atoms. The summed E-state index contributed by atoms with van der Waals surface area (Å²) in [6.07, 6.45) is 2.49.